The predicted molar refractivity (Wildman–Crippen MR) is 56.7 cm³/mol. The van der Waals surface area contributed by atoms with Crippen molar-refractivity contribution in [2.45, 2.75) is 20.3 Å². The van der Waals surface area contributed by atoms with E-state index < -0.39 is 0 Å². The quantitative estimate of drug-likeness (QED) is 0.680. The largest absolute Gasteiger partial charge is 0.438 e. The van der Waals surface area contributed by atoms with Gasteiger partial charge in [0.05, 0.1) is 5.69 Å². The average molecular weight is 211 g/mol. The summed E-state index contributed by atoms with van der Waals surface area (Å²) in [7, 11) is 0. The number of aromatic nitrogens is 1. The summed E-state index contributed by atoms with van der Waals surface area (Å²) in [6.45, 7) is 6.18. The minimum absolute atomic E-state index is 0.205. The molecule has 0 saturated carbocycles. The molecule has 1 aromatic rings. The molecule has 0 atom stereocenters. The molecule has 0 aliphatic heterocycles. The van der Waals surface area contributed by atoms with Crippen LogP contribution in [0.2, 0.25) is 0 Å². The van der Waals surface area contributed by atoms with Gasteiger partial charge in [-0.2, -0.15) is 0 Å². The molecule has 0 radical (unpaired) electrons. The number of carbonyl (C=O) groups excluding carboxylic acids is 1. The lowest BCUT2D eigenvalue weighted by Crippen LogP contribution is -2.32. The fourth-order valence-corrected chi connectivity index (χ4v) is 1.17. The lowest BCUT2D eigenvalue weighted by Gasteiger charge is -2.04. The third-order valence-corrected chi connectivity index (χ3v) is 1.97. The molecule has 2 N–H and O–H groups in total. The van der Waals surface area contributed by atoms with Gasteiger partial charge in [0.15, 0.2) is 6.39 Å². The monoisotopic (exact) mass is 211 g/mol. The second-order valence-electron chi connectivity index (χ2n) is 3.27. The molecule has 0 aliphatic carbocycles. The summed E-state index contributed by atoms with van der Waals surface area (Å²) < 4.78 is 4.96. The number of nitrogens with zero attached hydrogens (tertiary/aromatic N) is 1. The van der Waals surface area contributed by atoms with Crippen molar-refractivity contribution in [2.24, 2.45) is 0 Å². The van der Waals surface area contributed by atoms with Crippen LogP contribution in [0.5, 0.6) is 0 Å². The van der Waals surface area contributed by atoms with Crippen LogP contribution in [-0.4, -0.2) is 30.5 Å². The van der Waals surface area contributed by atoms with Gasteiger partial charge >= 0.3 is 0 Å². The van der Waals surface area contributed by atoms with E-state index in [0.29, 0.717) is 18.0 Å². The van der Waals surface area contributed by atoms with Gasteiger partial charge in [0, 0.05) is 13.1 Å². The Morgan fingerprint density at radius 3 is 2.87 bits per heavy atom. The minimum Gasteiger partial charge on any atom is -0.438 e. The van der Waals surface area contributed by atoms with Gasteiger partial charge in [0.2, 0.25) is 5.76 Å². The average Bonchev–Trinajstić information content (AvgIpc) is 2.64. The summed E-state index contributed by atoms with van der Waals surface area (Å²) in [5.41, 5.74) is 0.619. The van der Waals surface area contributed by atoms with Crippen molar-refractivity contribution >= 4 is 5.91 Å². The van der Waals surface area contributed by atoms with Crippen molar-refractivity contribution in [2.75, 3.05) is 19.6 Å². The zero-order chi connectivity index (χ0) is 11.1. The first-order valence-electron chi connectivity index (χ1n) is 5.14. The first-order valence-corrected chi connectivity index (χ1v) is 5.14. The van der Waals surface area contributed by atoms with Crippen molar-refractivity contribution in [3.63, 3.8) is 0 Å². The Morgan fingerprint density at radius 1 is 1.47 bits per heavy atom. The molecule has 0 bridgehead atoms. The van der Waals surface area contributed by atoms with Gasteiger partial charge in [-0.15, -0.1) is 0 Å². The summed E-state index contributed by atoms with van der Waals surface area (Å²) in [4.78, 5) is 15.3. The number of nitrogens with one attached hydrogen (secondary N) is 2. The van der Waals surface area contributed by atoms with Crippen molar-refractivity contribution in [1.82, 2.24) is 15.6 Å². The van der Waals surface area contributed by atoms with Gasteiger partial charge in [-0.3, -0.25) is 4.79 Å². The normalized spacial score (nSPS) is 10.3. The number of oxazole rings is 1. The SMILES string of the molecule is CCCNCCNC(=O)c1ocnc1C. The molecule has 5 nitrogen and oxygen atoms in total. The molecule has 0 unspecified atom stereocenters. The summed E-state index contributed by atoms with van der Waals surface area (Å²) in [5, 5.41) is 5.94. The first kappa shape index (κ1) is 11.7. The molecule has 0 fully saturated rings. The van der Waals surface area contributed by atoms with Crippen LogP contribution in [-0.2, 0) is 0 Å². The molecule has 1 amide bonds. The van der Waals surface area contributed by atoms with E-state index in [0.717, 1.165) is 19.5 Å². The van der Waals surface area contributed by atoms with E-state index in [-0.39, 0.29) is 5.91 Å². The van der Waals surface area contributed by atoms with Crippen LogP contribution in [0, 0.1) is 6.92 Å². The number of aryl methyl sites for hydroxylation is 1. The van der Waals surface area contributed by atoms with E-state index in [1.165, 1.54) is 6.39 Å². The van der Waals surface area contributed by atoms with Crippen LogP contribution in [0.3, 0.4) is 0 Å². The van der Waals surface area contributed by atoms with Crippen molar-refractivity contribution in [3.05, 3.63) is 17.8 Å². The molecule has 84 valence electrons. The molecule has 1 rings (SSSR count). The Kier molecular flexibility index (Phi) is 4.83. The van der Waals surface area contributed by atoms with Crippen LogP contribution in [0.15, 0.2) is 10.8 Å². The van der Waals surface area contributed by atoms with Gasteiger partial charge in [0.25, 0.3) is 5.91 Å². The summed E-state index contributed by atoms with van der Waals surface area (Å²) in [6, 6.07) is 0. The van der Waals surface area contributed by atoms with E-state index in [1.807, 2.05) is 0 Å². The predicted octanol–water partition coefficient (Wildman–Crippen LogP) is 0.712. The highest BCUT2D eigenvalue weighted by Gasteiger charge is 2.12. The molecule has 1 heterocycles. The molecular weight excluding hydrogens is 194 g/mol. The number of rotatable bonds is 6. The third kappa shape index (κ3) is 3.71. The van der Waals surface area contributed by atoms with Crippen molar-refractivity contribution in [1.29, 1.82) is 0 Å². The fourth-order valence-electron chi connectivity index (χ4n) is 1.17. The number of hydrogen-bond donors (Lipinski definition) is 2. The molecule has 0 saturated heterocycles. The highest BCUT2D eigenvalue weighted by Crippen LogP contribution is 2.03. The van der Waals surface area contributed by atoms with E-state index in [1.54, 1.807) is 6.92 Å². The topological polar surface area (TPSA) is 67.2 Å². The zero-order valence-electron chi connectivity index (χ0n) is 9.17. The first-order chi connectivity index (χ1) is 7.25. The lowest BCUT2D eigenvalue weighted by molar-refractivity contribution is 0.0925. The fraction of sp³-hybridized carbons (Fsp3) is 0.600. The van der Waals surface area contributed by atoms with Crippen LogP contribution in [0.1, 0.15) is 29.6 Å². The summed E-state index contributed by atoms with van der Waals surface area (Å²) in [5.74, 6) is 0.0915. The van der Waals surface area contributed by atoms with Crippen LogP contribution in [0.25, 0.3) is 0 Å². The Bertz CT molecular complexity index is 309. The van der Waals surface area contributed by atoms with Gasteiger partial charge in [-0.1, -0.05) is 6.92 Å². The van der Waals surface area contributed by atoms with Gasteiger partial charge in [0.1, 0.15) is 0 Å². The van der Waals surface area contributed by atoms with Crippen LogP contribution >= 0.6 is 0 Å². The number of hydrogen-bond acceptors (Lipinski definition) is 4. The second-order valence-corrected chi connectivity index (χ2v) is 3.27. The summed E-state index contributed by atoms with van der Waals surface area (Å²) >= 11 is 0. The minimum atomic E-state index is -0.205. The van der Waals surface area contributed by atoms with E-state index in [9.17, 15) is 4.79 Å². The maximum Gasteiger partial charge on any atom is 0.289 e. The molecule has 0 aliphatic rings. The molecule has 5 heteroatoms. The maximum atomic E-state index is 11.5. The van der Waals surface area contributed by atoms with Crippen LogP contribution < -0.4 is 10.6 Å². The highest BCUT2D eigenvalue weighted by atomic mass is 16.3. The number of carbonyl (C=O) groups is 1. The van der Waals surface area contributed by atoms with E-state index in [2.05, 4.69) is 22.5 Å². The highest BCUT2D eigenvalue weighted by molar-refractivity contribution is 5.92. The Morgan fingerprint density at radius 2 is 2.27 bits per heavy atom. The summed E-state index contributed by atoms with van der Waals surface area (Å²) in [6.07, 6.45) is 2.37. The molecule has 0 aromatic carbocycles. The van der Waals surface area contributed by atoms with Gasteiger partial charge < -0.3 is 15.1 Å². The zero-order valence-corrected chi connectivity index (χ0v) is 9.17. The maximum absolute atomic E-state index is 11.5. The molecule has 0 spiro atoms. The van der Waals surface area contributed by atoms with Gasteiger partial charge in [-0.05, 0) is 19.9 Å². The van der Waals surface area contributed by atoms with Crippen molar-refractivity contribution in [3.8, 4) is 0 Å². The van der Waals surface area contributed by atoms with E-state index in [4.69, 9.17) is 4.42 Å². The smallest absolute Gasteiger partial charge is 0.289 e. The Labute approximate surface area is 89.3 Å². The molecule has 1 aromatic heterocycles. The second kappa shape index (κ2) is 6.19. The number of amides is 1. The van der Waals surface area contributed by atoms with Crippen molar-refractivity contribution < 1.29 is 9.21 Å². The molecular formula is C10H17N3O2. The van der Waals surface area contributed by atoms with Crippen LogP contribution in [0.4, 0.5) is 0 Å². The standard InChI is InChI=1S/C10H17N3O2/c1-3-4-11-5-6-12-10(14)9-8(2)13-7-15-9/h7,11H,3-6H2,1-2H3,(H,12,14). The molecule has 15 heavy (non-hydrogen) atoms. The lowest BCUT2D eigenvalue weighted by atomic mass is 10.3. The van der Waals surface area contributed by atoms with E-state index >= 15 is 0 Å². The Hall–Kier alpha value is -1.36. The Balaban J connectivity index is 2.22. The van der Waals surface area contributed by atoms with Gasteiger partial charge in [-0.25, -0.2) is 4.98 Å². The third-order valence-electron chi connectivity index (χ3n) is 1.97.